The standard InChI is InChI=1S/C13H24N4O2S2/c1-11(2)14-6-7-17-9-12(8-15-17)21(18,19)16-10-13(20-3)4-5-13/h8-9,11,14,16H,4-7,10H2,1-3H3. The Hall–Kier alpha value is -0.570. The van der Waals surface area contributed by atoms with E-state index in [9.17, 15) is 8.42 Å². The molecule has 2 rings (SSSR count). The van der Waals surface area contributed by atoms with E-state index in [1.165, 1.54) is 6.20 Å². The Bertz CT molecular complexity index is 564. The van der Waals surface area contributed by atoms with Gasteiger partial charge in [0.15, 0.2) is 0 Å². The van der Waals surface area contributed by atoms with Gasteiger partial charge in [0.25, 0.3) is 0 Å². The SMILES string of the molecule is CSC1(CNS(=O)(=O)c2cnn(CCNC(C)C)c2)CC1. The maximum atomic E-state index is 12.2. The number of nitrogens with one attached hydrogen (secondary N) is 2. The molecule has 0 bridgehead atoms. The number of hydrogen-bond acceptors (Lipinski definition) is 5. The molecular weight excluding hydrogens is 308 g/mol. The molecule has 21 heavy (non-hydrogen) atoms. The Morgan fingerprint density at radius 2 is 2.19 bits per heavy atom. The van der Waals surface area contributed by atoms with Crippen LogP contribution >= 0.6 is 11.8 Å². The van der Waals surface area contributed by atoms with Crippen LogP contribution in [0, 0.1) is 0 Å². The van der Waals surface area contributed by atoms with Crippen molar-refractivity contribution in [3.8, 4) is 0 Å². The van der Waals surface area contributed by atoms with E-state index in [-0.39, 0.29) is 9.64 Å². The minimum Gasteiger partial charge on any atom is -0.313 e. The maximum absolute atomic E-state index is 12.2. The number of sulfonamides is 1. The lowest BCUT2D eigenvalue weighted by Crippen LogP contribution is -2.31. The summed E-state index contributed by atoms with van der Waals surface area (Å²) in [5.41, 5.74) is 0. The van der Waals surface area contributed by atoms with Crippen molar-refractivity contribution in [2.24, 2.45) is 0 Å². The van der Waals surface area contributed by atoms with Crippen molar-refractivity contribution in [2.45, 2.75) is 48.9 Å². The lowest BCUT2D eigenvalue weighted by atomic mass is 10.4. The van der Waals surface area contributed by atoms with Gasteiger partial charge < -0.3 is 5.32 Å². The summed E-state index contributed by atoms with van der Waals surface area (Å²) < 4.78 is 28.9. The second-order valence-electron chi connectivity index (χ2n) is 5.76. The summed E-state index contributed by atoms with van der Waals surface area (Å²) in [6.45, 7) is 6.06. The van der Waals surface area contributed by atoms with Gasteiger partial charge in [-0.25, -0.2) is 13.1 Å². The molecule has 1 aliphatic carbocycles. The molecule has 8 heteroatoms. The van der Waals surface area contributed by atoms with Crippen LogP contribution in [0.5, 0.6) is 0 Å². The molecule has 0 atom stereocenters. The first-order chi connectivity index (χ1) is 9.87. The lowest BCUT2D eigenvalue weighted by molar-refractivity contribution is 0.514. The van der Waals surface area contributed by atoms with Crippen LogP contribution in [0.4, 0.5) is 0 Å². The van der Waals surface area contributed by atoms with Crippen molar-refractivity contribution < 1.29 is 8.42 Å². The third-order valence-electron chi connectivity index (χ3n) is 3.64. The highest BCUT2D eigenvalue weighted by Gasteiger charge is 2.42. The van der Waals surface area contributed by atoms with E-state index in [1.807, 2.05) is 6.26 Å². The molecule has 0 aliphatic heterocycles. The molecule has 0 spiro atoms. The Kier molecular flexibility index (Phi) is 5.34. The van der Waals surface area contributed by atoms with Crippen molar-refractivity contribution in [3.05, 3.63) is 12.4 Å². The van der Waals surface area contributed by atoms with Crippen LogP contribution in [-0.2, 0) is 16.6 Å². The van der Waals surface area contributed by atoms with Gasteiger partial charge in [-0.05, 0) is 19.1 Å². The van der Waals surface area contributed by atoms with Gasteiger partial charge in [-0.1, -0.05) is 13.8 Å². The first-order valence-corrected chi connectivity index (χ1v) is 9.88. The summed E-state index contributed by atoms with van der Waals surface area (Å²) in [7, 11) is -3.45. The van der Waals surface area contributed by atoms with Gasteiger partial charge in [-0.2, -0.15) is 16.9 Å². The van der Waals surface area contributed by atoms with Gasteiger partial charge >= 0.3 is 0 Å². The fraction of sp³-hybridized carbons (Fsp3) is 0.769. The molecule has 0 unspecified atom stereocenters. The summed E-state index contributed by atoms with van der Waals surface area (Å²) >= 11 is 1.74. The molecule has 1 fully saturated rings. The highest BCUT2D eigenvalue weighted by atomic mass is 32.2. The summed E-state index contributed by atoms with van der Waals surface area (Å²) in [5, 5.41) is 7.39. The first kappa shape index (κ1) is 16.8. The minimum atomic E-state index is -3.45. The second-order valence-corrected chi connectivity index (χ2v) is 8.80. The van der Waals surface area contributed by atoms with E-state index in [0.717, 1.165) is 19.4 Å². The predicted octanol–water partition coefficient (Wildman–Crippen LogP) is 1.06. The molecule has 1 saturated carbocycles. The number of rotatable bonds is 9. The minimum absolute atomic E-state index is 0.115. The zero-order valence-electron chi connectivity index (χ0n) is 12.8. The molecule has 0 aromatic carbocycles. The fourth-order valence-corrected chi connectivity index (χ4v) is 3.87. The summed E-state index contributed by atoms with van der Waals surface area (Å²) in [4.78, 5) is 0.240. The lowest BCUT2D eigenvalue weighted by Gasteiger charge is -2.12. The Morgan fingerprint density at radius 1 is 1.48 bits per heavy atom. The van der Waals surface area contributed by atoms with E-state index in [0.29, 0.717) is 19.1 Å². The number of thioether (sulfide) groups is 1. The van der Waals surface area contributed by atoms with Gasteiger partial charge in [0, 0.05) is 30.1 Å². The normalized spacial score (nSPS) is 17.3. The van der Waals surface area contributed by atoms with E-state index < -0.39 is 10.0 Å². The van der Waals surface area contributed by atoms with Gasteiger partial charge in [-0.15, -0.1) is 0 Å². The largest absolute Gasteiger partial charge is 0.313 e. The predicted molar refractivity (Wildman–Crippen MR) is 86.0 cm³/mol. The van der Waals surface area contributed by atoms with Crippen molar-refractivity contribution in [3.63, 3.8) is 0 Å². The molecule has 6 nitrogen and oxygen atoms in total. The number of aromatic nitrogens is 2. The molecule has 1 aromatic rings. The number of hydrogen-bond donors (Lipinski definition) is 2. The summed E-state index contributed by atoms with van der Waals surface area (Å²) in [6, 6.07) is 0.409. The Balaban J connectivity index is 1.89. The van der Waals surface area contributed by atoms with Crippen molar-refractivity contribution in [2.75, 3.05) is 19.3 Å². The highest BCUT2D eigenvalue weighted by Crippen LogP contribution is 2.46. The van der Waals surface area contributed by atoms with Gasteiger partial charge in [0.1, 0.15) is 4.90 Å². The van der Waals surface area contributed by atoms with Crippen LogP contribution in [-0.4, -0.2) is 48.3 Å². The maximum Gasteiger partial charge on any atom is 0.243 e. The molecule has 1 heterocycles. The van der Waals surface area contributed by atoms with Crippen LogP contribution < -0.4 is 10.0 Å². The smallest absolute Gasteiger partial charge is 0.243 e. The zero-order valence-corrected chi connectivity index (χ0v) is 14.4. The van der Waals surface area contributed by atoms with Crippen molar-refractivity contribution >= 4 is 21.8 Å². The zero-order chi connectivity index (χ0) is 15.5. The van der Waals surface area contributed by atoms with Gasteiger partial charge in [0.2, 0.25) is 10.0 Å². The van der Waals surface area contributed by atoms with Crippen LogP contribution in [0.3, 0.4) is 0 Å². The molecule has 0 radical (unpaired) electrons. The van der Waals surface area contributed by atoms with Crippen molar-refractivity contribution in [1.82, 2.24) is 19.8 Å². The molecule has 2 N–H and O–H groups in total. The topological polar surface area (TPSA) is 76.0 Å². The highest BCUT2D eigenvalue weighted by molar-refractivity contribution is 8.00. The molecule has 1 aliphatic rings. The van der Waals surface area contributed by atoms with E-state index >= 15 is 0 Å². The first-order valence-electron chi connectivity index (χ1n) is 7.18. The summed E-state index contributed by atoms with van der Waals surface area (Å²) in [5.74, 6) is 0. The van der Waals surface area contributed by atoms with Crippen LogP contribution in [0.1, 0.15) is 26.7 Å². The average molecular weight is 332 g/mol. The molecule has 0 saturated heterocycles. The second kappa shape index (κ2) is 6.68. The van der Waals surface area contributed by atoms with Crippen LogP contribution in [0.15, 0.2) is 17.3 Å². The molecule has 0 amide bonds. The van der Waals surface area contributed by atoms with Crippen molar-refractivity contribution in [1.29, 1.82) is 0 Å². The monoisotopic (exact) mass is 332 g/mol. The molecule has 1 aromatic heterocycles. The third-order valence-corrected chi connectivity index (χ3v) is 6.41. The van der Waals surface area contributed by atoms with Crippen LogP contribution in [0.25, 0.3) is 0 Å². The van der Waals surface area contributed by atoms with Crippen LogP contribution in [0.2, 0.25) is 0 Å². The van der Waals surface area contributed by atoms with Gasteiger partial charge in [-0.3, -0.25) is 4.68 Å². The molecular formula is C13H24N4O2S2. The average Bonchev–Trinajstić information content (AvgIpc) is 3.06. The molecule has 120 valence electrons. The van der Waals surface area contributed by atoms with E-state index in [1.54, 1.807) is 22.6 Å². The Labute approximate surface area is 131 Å². The fourth-order valence-electron chi connectivity index (χ4n) is 1.98. The number of nitrogens with zero attached hydrogens (tertiary/aromatic N) is 2. The van der Waals surface area contributed by atoms with E-state index in [4.69, 9.17) is 0 Å². The Morgan fingerprint density at radius 3 is 2.76 bits per heavy atom. The van der Waals surface area contributed by atoms with Gasteiger partial charge in [0.05, 0.1) is 12.7 Å². The quantitative estimate of drug-likeness (QED) is 0.707. The third kappa shape index (κ3) is 4.70. The van der Waals surface area contributed by atoms with E-state index in [2.05, 4.69) is 29.0 Å². The summed E-state index contributed by atoms with van der Waals surface area (Å²) in [6.07, 6.45) is 7.19.